The molecule has 0 N–H and O–H groups in total. The van der Waals surface area contributed by atoms with E-state index in [1.165, 1.54) is 0 Å². The first-order valence-corrected chi connectivity index (χ1v) is 8.95. The lowest BCUT2D eigenvalue weighted by Gasteiger charge is -2.12. The fourth-order valence-electron chi connectivity index (χ4n) is 1.94. The van der Waals surface area contributed by atoms with E-state index in [4.69, 9.17) is 4.74 Å². The van der Waals surface area contributed by atoms with Crippen molar-refractivity contribution in [3.05, 3.63) is 44.1 Å². The van der Waals surface area contributed by atoms with Gasteiger partial charge in [0.05, 0.1) is 20.3 Å². The lowest BCUT2D eigenvalue weighted by Crippen LogP contribution is -2.05. The summed E-state index contributed by atoms with van der Waals surface area (Å²) in [5.74, 6) is 0.871. The first-order chi connectivity index (χ1) is 9.58. The Morgan fingerprint density at radius 1 is 1.30 bits per heavy atom. The van der Waals surface area contributed by atoms with Gasteiger partial charge in [0, 0.05) is 17.9 Å². The minimum atomic E-state index is 0.479. The van der Waals surface area contributed by atoms with E-state index in [0.29, 0.717) is 6.61 Å². The number of para-hydroxylation sites is 1. The van der Waals surface area contributed by atoms with Gasteiger partial charge < -0.3 is 4.74 Å². The summed E-state index contributed by atoms with van der Waals surface area (Å²) in [6.07, 6.45) is 0.899. The second-order valence-electron chi connectivity index (χ2n) is 4.33. The van der Waals surface area contributed by atoms with Crippen molar-refractivity contribution in [2.45, 2.75) is 25.3 Å². The first-order valence-electron chi connectivity index (χ1n) is 6.24. The molecule has 0 amide bonds. The minimum absolute atomic E-state index is 0.479. The van der Waals surface area contributed by atoms with E-state index in [9.17, 15) is 0 Å². The van der Waals surface area contributed by atoms with Gasteiger partial charge in [-0.2, -0.15) is 5.10 Å². The van der Waals surface area contributed by atoms with Crippen molar-refractivity contribution < 1.29 is 4.74 Å². The molecule has 0 aliphatic rings. The lowest BCUT2D eigenvalue weighted by atomic mass is 10.2. The Morgan fingerprint density at radius 2 is 2.05 bits per heavy atom. The predicted molar refractivity (Wildman–Crippen MR) is 91.4 cm³/mol. The average Bonchev–Trinajstić information content (AvgIpc) is 2.72. The van der Waals surface area contributed by atoms with E-state index in [1.807, 2.05) is 29.9 Å². The number of benzene rings is 1. The number of rotatable bonds is 5. The SMILES string of the molecule is CCc1nn(C)c(COc2c(Br)cccc2CBr)c1Br. The monoisotopic (exact) mass is 464 g/mol. The van der Waals surface area contributed by atoms with Gasteiger partial charge in [-0.15, -0.1) is 0 Å². The third-order valence-electron chi connectivity index (χ3n) is 3.05. The molecule has 108 valence electrons. The molecule has 6 heteroatoms. The molecular weight excluding hydrogens is 452 g/mol. The van der Waals surface area contributed by atoms with Crippen molar-refractivity contribution in [1.29, 1.82) is 0 Å². The number of nitrogens with zero attached hydrogens (tertiary/aromatic N) is 2. The van der Waals surface area contributed by atoms with Gasteiger partial charge in [0.2, 0.25) is 0 Å². The Balaban J connectivity index is 2.23. The maximum Gasteiger partial charge on any atom is 0.138 e. The molecule has 0 unspecified atom stereocenters. The van der Waals surface area contributed by atoms with Crippen LogP contribution in [-0.2, 0) is 25.4 Å². The van der Waals surface area contributed by atoms with Gasteiger partial charge >= 0.3 is 0 Å². The molecule has 0 saturated carbocycles. The zero-order valence-corrected chi connectivity index (χ0v) is 16.0. The number of ether oxygens (including phenoxy) is 1. The number of hydrogen-bond acceptors (Lipinski definition) is 2. The maximum absolute atomic E-state index is 6.00. The van der Waals surface area contributed by atoms with Crippen LogP contribution in [0.15, 0.2) is 27.1 Å². The van der Waals surface area contributed by atoms with E-state index >= 15 is 0 Å². The van der Waals surface area contributed by atoms with Crippen LogP contribution >= 0.6 is 47.8 Å². The van der Waals surface area contributed by atoms with Gasteiger partial charge in [-0.1, -0.05) is 35.0 Å². The molecular formula is C14H15Br3N2O. The smallest absolute Gasteiger partial charge is 0.138 e. The second kappa shape index (κ2) is 7.09. The Kier molecular flexibility index (Phi) is 5.69. The summed E-state index contributed by atoms with van der Waals surface area (Å²) in [5, 5.41) is 5.23. The van der Waals surface area contributed by atoms with Crippen molar-refractivity contribution in [1.82, 2.24) is 9.78 Å². The van der Waals surface area contributed by atoms with Crippen LogP contribution in [0.3, 0.4) is 0 Å². The van der Waals surface area contributed by atoms with Gasteiger partial charge in [-0.3, -0.25) is 4.68 Å². The van der Waals surface area contributed by atoms with Crippen molar-refractivity contribution >= 4 is 47.8 Å². The molecule has 2 aromatic rings. The molecule has 0 aliphatic heterocycles. The minimum Gasteiger partial charge on any atom is -0.486 e. The summed E-state index contributed by atoms with van der Waals surface area (Å²) in [6, 6.07) is 6.03. The molecule has 0 radical (unpaired) electrons. The summed E-state index contributed by atoms with van der Waals surface area (Å²) in [5.41, 5.74) is 3.21. The summed E-state index contributed by atoms with van der Waals surface area (Å²) in [4.78, 5) is 0. The summed E-state index contributed by atoms with van der Waals surface area (Å²) in [7, 11) is 1.94. The zero-order chi connectivity index (χ0) is 14.7. The van der Waals surface area contributed by atoms with Crippen molar-refractivity contribution in [3.8, 4) is 5.75 Å². The van der Waals surface area contributed by atoms with E-state index in [1.54, 1.807) is 0 Å². The molecule has 0 saturated heterocycles. The van der Waals surface area contributed by atoms with Crippen LogP contribution in [0.5, 0.6) is 5.75 Å². The van der Waals surface area contributed by atoms with Crippen molar-refractivity contribution in [2.24, 2.45) is 7.05 Å². The van der Waals surface area contributed by atoms with Crippen molar-refractivity contribution in [3.63, 3.8) is 0 Å². The van der Waals surface area contributed by atoms with Crippen LogP contribution in [0, 0.1) is 0 Å². The van der Waals surface area contributed by atoms with Crippen LogP contribution in [0.1, 0.15) is 23.9 Å². The molecule has 1 aromatic carbocycles. The highest BCUT2D eigenvalue weighted by Crippen LogP contribution is 2.32. The lowest BCUT2D eigenvalue weighted by molar-refractivity contribution is 0.290. The topological polar surface area (TPSA) is 27.1 Å². The quantitative estimate of drug-likeness (QED) is 0.581. The van der Waals surface area contributed by atoms with E-state index in [0.717, 1.165) is 43.4 Å². The van der Waals surface area contributed by atoms with Gasteiger partial charge in [-0.05, 0) is 44.3 Å². The van der Waals surface area contributed by atoms with Crippen molar-refractivity contribution in [2.75, 3.05) is 0 Å². The summed E-state index contributed by atoms with van der Waals surface area (Å²) >= 11 is 10.6. The van der Waals surface area contributed by atoms with Gasteiger partial charge in [0.15, 0.2) is 0 Å². The average molecular weight is 467 g/mol. The highest BCUT2D eigenvalue weighted by atomic mass is 79.9. The number of hydrogen-bond donors (Lipinski definition) is 0. The highest BCUT2D eigenvalue weighted by Gasteiger charge is 2.14. The molecule has 2 rings (SSSR count). The van der Waals surface area contributed by atoms with Crippen LogP contribution in [-0.4, -0.2) is 9.78 Å². The predicted octanol–water partition coefficient (Wildman–Crippen LogP) is 4.98. The molecule has 20 heavy (non-hydrogen) atoms. The number of aryl methyl sites for hydroxylation is 2. The molecule has 1 heterocycles. The third-order valence-corrected chi connectivity index (χ3v) is 5.19. The fourth-order valence-corrected chi connectivity index (χ4v) is 3.63. The van der Waals surface area contributed by atoms with Gasteiger partial charge in [0.25, 0.3) is 0 Å². The van der Waals surface area contributed by atoms with Gasteiger partial charge in [0.1, 0.15) is 12.4 Å². The van der Waals surface area contributed by atoms with Crippen LogP contribution in [0.25, 0.3) is 0 Å². The molecule has 0 fully saturated rings. The van der Waals surface area contributed by atoms with Gasteiger partial charge in [-0.25, -0.2) is 0 Å². The molecule has 1 aromatic heterocycles. The Hall–Kier alpha value is -0.330. The highest BCUT2D eigenvalue weighted by molar-refractivity contribution is 9.11. The summed E-state index contributed by atoms with van der Waals surface area (Å²) in [6.45, 7) is 2.57. The molecule has 0 bridgehead atoms. The Labute approximate surface area is 144 Å². The first kappa shape index (κ1) is 16.0. The summed E-state index contributed by atoms with van der Waals surface area (Å²) < 4.78 is 9.86. The molecule has 0 aliphatic carbocycles. The number of aromatic nitrogens is 2. The normalized spacial score (nSPS) is 10.8. The van der Waals surface area contributed by atoms with Crippen LogP contribution < -0.4 is 4.74 Å². The zero-order valence-electron chi connectivity index (χ0n) is 11.3. The second-order valence-corrected chi connectivity index (χ2v) is 6.54. The molecule has 0 atom stereocenters. The molecule has 3 nitrogen and oxygen atoms in total. The van der Waals surface area contributed by atoms with E-state index in [2.05, 4.69) is 59.8 Å². The van der Waals surface area contributed by atoms with E-state index < -0.39 is 0 Å². The third kappa shape index (κ3) is 3.28. The maximum atomic E-state index is 6.00. The van der Waals surface area contributed by atoms with Crippen LogP contribution in [0.4, 0.5) is 0 Å². The number of halogens is 3. The Bertz CT molecular complexity index is 611. The van der Waals surface area contributed by atoms with E-state index in [-0.39, 0.29) is 0 Å². The standard InChI is InChI=1S/C14H15Br3N2O/c1-3-11-13(17)12(19(2)18-11)8-20-14-9(7-15)5-4-6-10(14)16/h4-6H,3,7-8H2,1-2H3. The largest absolute Gasteiger partial charge is 0.486 e. The molecule has 0 spiro atoms. The van der Waals surface area contributed by atoms with Crippen LogP contribution in [0.2, 0.25) is 0 Å². The number of alkyl halides is 1. The fraction of sp³-hybridized carbons (Fsp3) is 0.357. The Morgan fingerprint density at radius 3 is 2.65 bits per heavy atom.